The van der Waals surface area contributed by atoms with Gasteiger partial charge in [-0.3, -0.25) is 14.4 Å². The van der Waals surface area contributed by atoms with E-state index in [1.54, 1.807) is 6.92 Å². The Morgan fingerprint density at radius 3 is 2.23 bits per heavy atom. The van der Waals surface area contributed by atoms with E-state index in [1.165, 1.54) is 16.7 Å². The summed E-state index contributed by atoms with van der Waals surface area (Å²) in [6, 6.07) is 7.57. The van der Waals surface area contributed by atoms with Gasteiger partial charge in [0.15, 0.2) is 11.6 Å². The van der Waals surface area contributed by atoms with Crippen molar-refractivity contribution < 1.29 is 23.9 Å². The normalized spacial score (nSPS) is 23.8. The van der Waals surface area contributed by atoms with Gasteiger partial charge in [-0.05, 0) is 131 Å². The standard InChI is InChI=1S/C26H35NO4.C20H28O/c1-14(28)20-18(13-19-21(20)26(19,5)6)23(29)22(27-24(30)31-25(2,3)4)17-11-15-9-7-8-10-16(15)12-17;1-5-9-17(3)18(4)20(21)15-13-16(2)12-14-19-10-7-6-8-11-19/h7-10,17-22H,11-13H2,1-6H3,(H,27,30);5,7,10-11,17H,1-2,4,6,8-9,12-15H2,3H3/t18?,19?,20-,21?,22?;/m0./s1. The minimum Gasteiger partial charge on any atom is -0.444 e. The number of hydrogen-bond acceptors (Lipinski definition) is 5. The predicted octanol–water partition coefficient (Wildman–Crippen LogP) is 10.1. The van der Waals surface area contributed by atoms with Crippen LogP contribution in [-0.2, 0) is 32.0 Å². The lowest BCUT2D eigenvalue weighted by Crippen LogP contribution is -2.51. The van der Waals surface area contributed by atoms with Gasteiger partial charge < -0.3 is 10.1 Å². The predicted molar refractivity (Wildman–Crippen MR) is 211 cm³/mol. The summed E-state index contributed by atoms with van der Waals surface area (Å²) >= 11 is 0. The van der Waals surface area contributed by atoms with Gasteiger partial charge in [-0.25, -0.2) is 4.79 Å². The van der Waals surface area contributed by atoms with Crippen molar-refractivity contribution >= 4 is 23.4 Å². The molecule has 1 aromatic carbocycles. The molecule has 6 nitrogen and oxygen atoms in total. The van der Waals surface area contributed by atoms with Crippen LogP contribution in [0.5, 0.6) is 0 Å². The van der Waals surface area contributed by atoms with E-state index in [0.29, 0.717) is 12.3 Å². The van der Waals surface area contributed by atoms with Crippen molar-refractivity contribution in [3.8, 4) is 0 Å². The monoisotopic (exact) mass is 709 g/mol. The maximum Gasteiger partial charge on any atom is 0.408 e. The summed E-state index contributed by atoms with van der Waals surface area (Å²) in [6.07, 6.45) is 16.7. The topological polar surface area (TPSA) is 89.5 Å². The number of hydrogen-bond donors (Lipinski definition) is 1. The van der Waals surface area contributed by atoms with Crippen LogP contribution in [0.3, 0.4) is 0 Å². The molecule has 0 saturated heterocycles. The van der Waals surface area contributed by atoms with E-state index in [2.05, 4.69) is 69.3 Å². The Morgan fingerprint density at radius 2 is 1.67 bits per heavy atom. The maximum atomic E-state index is 13.9. The molecule has 282 valence electrons. The van der Waals surface area contributed by atoms with E-state index in [0.717, 1.165) is 68.9 Å². The highest BCUT2D eigenvalue weighted by Crippen LogP contribution is 2.71. The van der Waals surface area contributed by atoms with Crippen LogP contribution in [0.25, 0.3) is 0 Å². The average Bonchev–Trinajstić information content (AvgIpc) is 3.44. The second-order valence-corrected chi connectivity index (χ2v) is 17.3. The van der Waals surface area contributed by atoms with Gasteiger partial charge in [-0.1, -0.05) is 93.6 Å². The lowest BCUT2D eigenvalue weighted by Gasteiger charge is -2.31. The third-order valence-electron chi connectivity index (χ3n) is 11.9. The molecule has 2 saturated carbocycles. The number of carbonyl (C=O) groups is 4. The van der Waals surface area contributed by atoms with Crippen LogP contribution in [0.15, 0.2) is 85.0 Å². The van der Waals surface area contributed by atoms with E-state index in [9.17, 15) is 19.2 Å². The fourth-order valence-electron chi connectivity index (χ4n) is 8.78. The van der Waals surface area contributed by atoms with Gasteiger partial charge in [-0.2, -0.15) is 0 Å². The summed E-state index contributed by atoms with van der Waals surface area (Å²) in [7, 11) is 0. The summed E-state index contributed by atoms with van der Waals surface area (Å²) in [4.78, 5) is 51.1. The average molecular weight is 710 g/mol. The van der Waals surface area contributed by atoms with Gasteiger partial charge in [0.25, 0.3) is 0 Å². The van der Waals surface area contributed by atoms with Gasteiger partial charge in [0.2, 0.25) is 0 Å². The minimum atomic E-state index is -0.644. The Hall–Kier alpha value is -3.80. The molecule has 0 spiro atoms. The summed E-state index contributed by atoms with van der Waals surface area (Å²) in [5.74, 6) is 0.593. The van der Waals surface area contributed by atoms with E-state index in [4.69, 9.17) is 4.74 Å². The zero-order chi connectivity index (χ0) is 38.4. The van der Waals surface area contributed by atoms with Gasteiger partial charge in [0.05, 0.1) is 6.04 Å². The number of allylic oxidation sites excluding steroid dienone is 7. The molecule has 5 rings (SSSR count). The molecular weight excluding hydrogens is 647 g/mol. The Morgan fingerprint density at radius 1 is 1.02 bits per heavy atom. The summed E-state index contributed by atoms with van der Waals surface area (Å²) < 4.78 is 5.49. The number of ketones is 3. The SMILES string of the molecule is C=CCC(C)C(=C)C(=O)CCC(=C)CCC1=CCCC=C1.CC(=O)[C@H]1C(C(=O)C(NC(=O)OC(C)(C)C)C2Cc3ccccc3C2)CC2C1C2(C)C. The first-order chi connectivity index (χ1) is 24.4. The van der Waals surface area contributed by atoms with Crippen LogP contribution >= 0.6 is 0 Å². The third kappa shape index (κ3) is 10.4. The number of amides is 1. The number of Topliss-reactive ketones (excluding diaryl/α,β-unsaturated/α-hetero) is 3. The zero-order valence-electron chi connectivity index (χ0n) is 32.9. The molecule has 6 heteroatoms. The van der Waals surface area contributed by atoms with Crippen molar-refractivity contribution in [3.63, 3.8) is 0 Å². The Kier molecular flexibility index (Phi) is 13.7. The number of fused-ring (bicyclic) bond motifs is 2. The molecule has 0 heterocycles. The van der Waals surface area contributed by atoms with Crippen molar-refractivity contribution in [2.24, 2.45) is 40.9 Å². The van der Waals surface area contributed by atoms with Crippen LogP contribution < -0.4 is 5.32 Å². The molecule has 0 aliphatic heterocycles. The number of benzene rings is 1. The zero-order valence-corrected chi connectivity index (χ0v) is 32.9. The molecule has 5 unspecified atom stereocenters. The number of nitrogens with one attached hydrogen (secondary N) is 1. The molecular formula is C46H63NO5. The van der Waals surface area contributed by atoms with Gasteiger partial charge in [-0.15, -0.1) is 6.58 Å². The molecule has 0 aromatic heterocycles. The highest BCUT2D eigenvalue weighted by molar-refractivity contribution is 5.96. The molecule has 0 radical (unpaired) electrons. The molecule has 0 bridgehead atoms. The maximum absolute atomic E-state index is 13.9. The fourth-order valence-corrected chi connectivity index (χ4v) is 8.78. The van der Waals surface area contributed by atoms with Crippen molar-refractivity contribution in [1.82, 2.24) is 5.32 Å². The Bertz CT molecular complexity index is 1580. The summed E-state index contributed by atoms with van der Waals surface area (Å²) in [5, 5.41) is 2.91. The second kappa shape index (κ2) is 17.4. The smallest absolute Gasteiger partial charge is 0.408 e. The van der Waals surface area contributed by atoms with E-state index >= 15 is 0 Å². The molecule has 4 aliphatic carbocycles. The molecule has 1 N–H and O–H groups in total. The molecule has 1 amide bonds. The van der Waals surface area contributed by atoms with Crippen LogP contribution in [-0.4, -0.2) is 35.1 Å². The summed E-state index contributed by atoms with van der Waals surface area (Å²) in [6.45, 7) is 25.2. The lowest BCUT2D eigenvalue weighted by atomic mass is 9.76. The number of ether oxygens (including phenoxy) is 1. The summed E-state index contributed by atoms with van der Waals surface area (Å²) in [5.41, 5.74) is 5.23. The van der Waals surface area contributed by atoms with Crippen LogP contribution in [0.1, 0.15) is 111 Å². The van der Waals surface area contributed by atoms with E-state index in [-0.39, 0.29) is 52.4 Å². The quantitative estimate of drug-likeness (QED) is 0.145. The fraction of sp³-hybridized carbons (Fsp3) is 0.565. The van der Waals surface area contributed by atoms with E-state index < -0.39 is 17.7 Å². The number of carbonyl (C=O) groups excluding carboxylic acids is 4. The van der Waals surface area contributed by atoms with Crippen LogP contribution in [0, 0.1) is 40.9 Å². The first kappa shape index (κ1) is 41.0. The number of rotatable bonds is 15. The molecule has 1 aromatic rings. The Balaban J connectivity index is 0.000000253. The highest BCUT2D eigenvalue weighted by Gasteiger charge is 2.69. The number of alkyl carbamates (subject to hydrolysis) is 1. The van der Waals surface area contributed by atoms with Crippen molar-refractivity contribution in [3.05, 3.63) is 96.2 Å². The van der Waals surface area contributed by atoms with Gasteiger partial charge >= 0.3 is 6.09 Å². The van der Waals surface area contributed by atoms with Crippen molar-refractivity contribution in [1.29, 1.82) is 0 Å². The first-order valence-electron chi connectivity index (χ1n) is 19.4. The first-order valence-corrected chi connectivity index (χ1v) is 19.4. The molecule has 6 atom stereocenters. The molecule has 4 aliphatic rings. The third-order valence-corrected chi connectivity index (χ3v) is 11.9. The van der Waals surface area contributed by atoms with Gasteiger partial charge in [0.1, 0.15) is 11.4 Å². The second-order valence-electron chi connectivity index (χ2n) is 17.3. The van der Waals surface area contributed by atoms with Gasteiger partial charge in [0, 0.05) is 18.3 Å². The van der Waals surface area contributed by atoms with E-state index in [1.807, 2.05) is 45.9 Å². The van der Waals surface area contributed by atoms with Crippen molar-refractivity contribution in [2.75, 3.05) is 0 Å². The minimum absolute atomic E-state index is 0.00636. The van der Waals surface area contributed by atoms with Crippen LogP contribution in [0.2, 0.25) is 0 Å². The lowest BCUT2D eigenvalue weighted by molar-refractivity contribution is -0.133. The Labute approximate surface area is 313 Å². The molecule has 52 heavy (non-hydrogen) atoms. The van der Waals surface area contributed by atoms with Crippen molar-refractivity contribution in [2.45, 2.75) is 124 Å². The highest BCUT2D eigenvalue weighted by atomic mass is 16.6. The molecule has 2 fully saturated rings. The van der Waals surface area contributed by atoms with Crippen LogP contribution in [0.4, 0.5) is 4.79 Å². The largest absolute Gasteiger partial charge is 0.444 e.